The van der Waals surface area contributed by atoms with E-state index in [2.05, 4.69) is 58.4 Å². The minimum absolute atomic E-state index is 0.0193. The number of anilines is 1. The molecular formula is C38H39N5O2. The van der Waals surface area contributed by atoms with E-state index >= 15 is 0 Å². The molecule has 4 aromatic rings. The number of aryl methyl sites for hydroxylation is 1. The molecule has 2 fully saturated rings. The van der Waals surface area contributed by atoms with E-state index in [9.17, 15) is 9.59 Å². The van der Waals surface area contributed by atoms with Crippen molar-refractivity contribution in [3.8, 4) is 0 Å². The maximum Gasteiger partial charge on any atom is 0.265 e. The first-order chi connectivity index (χ1) is 22.0. The Morgan fingerprint density at radius 3 is 1.91 bits per heavy atom. The van der Waals surface area contributed by atoms with Gasteiger partial charge in [0.2, 0.25) is 5.91 Å². The van der Waals surface area contributed by atoms with E-state index in [1.165, 1.54) is 0 Å². The number of carbonyl (C=O) groups excluding carboxylic acids is 2. The van der Waals surface area contributed by atoms with E-state index in [1.807, 2.05) is 83.8 Å². The number of para-hydroxylation sites is 1. The maximum absolute atomic E-state index is 14.7. The van der Waals surface area contributed by atoms with Crippen molar-refractivity contribution < 1.29 is 9.59 Å². The van der Waals surface area contributed by atoms with Crippen LogP contribution in [0.15, 0.2) is 120 Å². The van der Waals surface area contributed by atoms with Crippen molar-refractivity contribution in [3.05, 3.63) is 138 Å². The number of likely N-dealkylation sites (tertiary alicyclic amines) is 1. The summed E-state index contributed by atoms with van der Waals surface area (Å²) < 4.78 is 0. The molecule has 0 aromatic heterocycles. The van der Waals surface area contributed by atoms with Crippen LogP contribution >= 0.6 is 0 Å². The van der Waals surface area contributed by atoms with Crippen LogP contribution in [0.3, 0.4) is 0 Å². The third-order valence-corrected chi connectivity index (χ3v) is 9.72. The molecule has 0 aliphatic carbocycles. The van der Waals surface area contributed by atoms with Crippen molar-refractivity contribution in [2.45, 2.75) is 37.3 Å². The van der Waals surface area contributed by atoms with Gasteiger partial charge in [-0.25, -0.2) is 4.99 Å². The molecule has 3 aliphatic rings. The third-order valence-electron chi connectivity index (χ3n) is 9.72. The molecule has 0 bridgehead atoms. The first-order valence-corrected chi connectivity index (χ1v) is 15.9. The molecule has 1 N–H and O–H groups in total. The normalized spacial score (nSPS) is 19.2. The second-order valence-corrected chi connectivity index (χ2v) is 12.4. The van der Waals surface area contributed by atoms with E-state index in [1.54, 1.807) is 0 Å². The molecule has 7 rings (SSSR count). The highest BCUT2D eigenvalue weighted by atomic mass is 16.2. The van der Waals surface area contributed by atoms with Crippen LogP contribution in [0, 0.1) is 6.92 Å². The fraction of sp³-hybridized carbons (Fsp3) is 0.289. The number of hydrogen-bond acceptors (Lipinski definition) is 5. The lowest BCUT2D eigenvalue weighted by molar-refractivity contribution is -0.130. The van der Waals surface area contributed by atoms with Crippen molar-refractivity contribution in [1.82, 2.24) is 15.1 Å². The zero-order valence-electron chi connectivity index (χ0n) is 25.7. The number of carbonyl (C=O) groups is 2. The number of hydrogen-bond donors (Lipinski definition) is 1. The van der Waals surface area contributed by atoms with Gasteiger partial charge in [-0.3, -0.25) is 14.5 Å². The van der Waals surface area contributed by atoms with Crippen LogP contribution in [0.2, 0.25) is 0 Å². The van der Waals surface area contributed by atoms with Crippen LogP contribution in [-0.4, -0.2) is 65.8 Å². The lowest BCUT2D eigenvalue weighted by atomic mass is 9.83. The second kappa shape index (κ2) is 12.0. The van der Waals surface area contributed by atoms with Gasteiger partial charge in [-0.2, -0.15) is 0 Å². The second-order valence-electron chi connectivity index (χ2n) is 12.4. The SMILES string of the molecule is Cc1ccc(C2=NC(c3ccccc3)(c3ccccc3)C(=O)N2CCCN2CCC3(CC2)C(=O)NCN3c2ccccc2)cc1. The number of nitrogens with one attached hydrogen (secondary N) is 1. The molecule has 2 saturated heterocycles. The minimum Gasteiger partial charge on any atom is -0.339 e. The summed E-state index contributed by atoms with van der Waals surface area (Å²) in [6.45, 7) is 5.69. The number of benzene rings is 4. The summed E-state index contributed by atoms with van der Waals surface area (Å²) in [5.41, 5.74) is 3.28. The lowest BCUT2D eigenvalue weighted by Crippen LogP contribution is -2.56. The molecule has 45 heavy (non-hydrogen) atoms. The summed E-state index contributed by atoms with van der Waals surface area (Å²) >= 11 is 0. The summed E-state index contributed by atoms with van der Waals surface area (Å²) in [5.74, 6) is 0.825. The van der Waals surface area contributed by atoms with E-state index in [0.29, 0.717) is 19.0 Å². The Balaban J connectivity index is 1.11. The Morgan fingerprint density at radius 1 is 0.733 bits per heavy atom. The quantitative estimate of drug-likeness (QED) is 0.298. The largest absolute Gasteiger partial charge is 0.339 e. The van der Waals surface area contributed by atoms with Gasteiger partial charge < -0.3 is 15.1 Å². The Kier molecular flexibility index (Phi) is 7.71. The monoisotopic (exact) mass is 597 g/mol. The van der Waals surface area contributed by atoms with Crippen molar-refractivity contribution in [2.75, 3.05) is 37.7 Å². The van der Waals surface area contributed by atoms with Gasteiger partial charge in [0.15, 0.2) is 5.54 Å². The molecule has 1 spiro atoms. The van der Waals surface area contributed by atoms with Crippen LogP contribution in [0.1, 0.15) is 41.5 Å². The standard InChI is InChI=1S/C38H39N5O2/c1-29-18-20-30(21-19-29)34-40-38(31-12-5-2-6-13-31,32-14-7-3-8-15-32)36(45)42(34)25-11-24-41-26-22-37(23-27-41)35(44)39-28-43(37)33-16-9-4-10-17-33/h2-10,12-21H,11,22-28H2,1H3,(H,39,44). The highest BCUT2D eigenvalue weighted by Crippen LogP contribution is 2.41. The van der Waals surface area contributed by atoms with Crippen LogP contribution in [0.5, 0.6) is 0 Å². The Bertz CT molecular complexity index is 1640. The number of aliphatic imine (C=N–C) groups is 1. The fourth-order valence-corrected chi connectivity index (χ4v) is 7.22. The summed E-state index contributed by atoms with van der Waals surface area (Å²) in [6, 6.07) is 38.4. The van der Waals surface area contributed by atoms with Crippen molar-refractivity contribution >= 4 is 23.3 Å². The molecular weight excluding hydrogens is 558 g/mol. The molecule has 0 saturated carbocycles. The molecule has 4 aromatic carbocycles. The van der Waals surface area contributed by atoms with Gasteiger partial charge in [0.25, 0.3) is 5.91 Å². The smallest absolute Gasteiger partial charge is 0.265 e. The van der Waals surface area contributed by atoms with E-state index in [0.717, 1.165) is 66.8 Å². The minimum atomic E-state index is -1.14. The van der Waals surface area contributed by atoms with Crippen molar-refractivity contribution in [3.63, 3.8) is 0 Å². The zero-order valence-corrected chi connectivity index (χ0v) is 25.7. The van der Waals surface area contributed by atoms with Gasteiger partial charge in [-0.05, 0) is 56.0 Å². The van der Waals surface area contributed by atoms with Gasteiger partial charge in [-0.15, -0.1) is 0 Å². The highest BCUT2D eigenvalue weighted by molar-refractivity contribution is 6.16. The van der Waals surface area contributed by atoms with E-state index in [4.69, 9.17) is 4.99 Å². The van der Waals surface area contributed by atoms with Gasteiger partial charge in [-0.1, -0.05) is 109 Å². The van der Waals surface area contributed by atoms with Crippen molar-refractivity contribution in [1.29, 1.82) is 0 Å². The average Bonchev–Trinajstić information content (AvgIpc) is 3.57. The predicted octanol–water partition coefficient (Wildman–Crippen LogP) is 5.35. The average molecular weight is 598 g/mol. The number of nitrogens with zero attached hydrogens (tertiary/aromatic N) is 4. The number of amidine groups is 1. The van der Waals surface area contributed by atoms with Crippen LogP contribution in [0.4, 0.5) is 5.69 Å². The van der Waals surface area contributed by atoms with Gasteiger partial charge in [0, 0.05) is 30.9 Å². The fourth-order valence-electron chi connectivity index (χ4n) is 7.22. The molecule has 228 valence electrons. The molecule has 3 aliphatic heterocycles. The van der Waals surface area contributed by atoms with Gasteiger partial charge in [0.05, 0.1) is 6.67 Å². The molecule has 0 radical (unpaired) electrons. The Morgan fingerprint density at radius 2 is 1.31 bits per heavy atom. The van der Waals surface area contributed by atoms with Crippen LogP contribution in [-0.2, 0) is 15.1 Å². The first-order valence-electron chi connectivity index (χ1n) is 15.9. The van der Waals surface area contributed by atoms with Crippen molar-refractivity contribution in [2.24, 2.45) is 4.99 Å². The molecule has 0 atom stereocenters. The van der Waals surface area contributed by atoms with Gasteiger partial charge in [0.1, 0.15) is 11.4 Å². The zero-order chi connectivity index (χ0) is 30.9. The topological polar surface area (TPSA) is 68.2 Å². The molecule has 7 heteroatoms. The first kappa shape index (κ1) is 29.0. The molecule has 2 amide bonds. The Labute approximate surface area is 265 Å². The predicted molar refractivity (Wildman–Crippen MR) is 178 cm³/mol. The molecule has 3 heterocycles. The maximum atomic E-state index is 14.7. The lowest BCUT2D eigenvalue weighted by Gasteiger charge is -2.43. The Hall–Kier alpha value is -4.75. The van der Waals surface area contributed by atoms with Gasteiger partial charge >= 0.3 is 0 Å². The van der Waals surface area contributed by atoms with Crippen LogP contribution in [0.25, 0.3) is 0 Å². The summed E-state index contributed by atoms with van der Waals surface area (Å²) in [4.78, 5) is 39.7. The van der Waals surface area contributed by atoms with E-state index in [-0.39, 0.29) is 11.8 Å². The molecule has 0 unspecified atom stereocenters. The van der Waals surface area contributed by atoms with E-state index < -0.39 is 11.1 Å². The molecule has 7 nitrogen and oxygen atoms in total. The van der Waals surface area contributed by atoms with Crippen LogP contribution < -0.4 is 10.2 Å². The summed E-state index contributed by atoms with van der Waals surface area (Å²) in [6.07, 6.45) is 2.35. The summed E-state index contributed by atoms with van der Waals surface area (Å²) in [7, 11) is 0. The third kappa shape index (κ3) is 5.11. The highest BCUT2D eigenvalue weighted by Gasteiger charge is 2.52. The number of amides is 2. The number of rotatable bonds is 8. The summed E-state index contributed by atoms with van der Waals surface area (Å²) in [5, 5.41) is 3.10. The number of piperidine rings is 1.